The molecule has 0 unspecified atom stereocenters. The van der Waals surface area contributed by atoms with Gasteiger partial charge in [0.05, 0.1) is 10.7 Å². The number of nitrogen functional groups attached to an aromatic ring is 1. The average Bonchev–Trinajstić information content (AvgIpc) is 3.24. The Morgan fingerprint density at radius 2 is 2.10 bits per heavy atom. The first-order valence-corrected chi connectivity index (χ1v) is 8.31. The summed E-state index contributed by atoms with van der Waals surface area (Å²) in [5.74, 6) is 0.582. The van der Waals surface area contributed by atoms with E-state index in [1.807, 2.05) is 0 Å². The molecule has 0 aliphatic heterocycles. The first kappa shape index (κ1) is 15.1. The molecule has 1 heterocycles. The number of nitrogens with two attached hydrogens (primary N) is 1. The quantitative estimate of drug-likeness (QED) is 0.722. The molecule has 1 fully saturated rings. The third-order valence-electron chi connectivity index (χ3n) is 3.90. The minimum absolute atomic E-state index is 0.582. The lowest BCUT2D eigenvalue weighted by Gasteiger charge is -2.17. The van der Waals surface area contributed by atoms with E-state index in [9.17, 15) is 0 Å². The SMILES string of the molecule is CCN(CC)CCCNc1sc(C#N)c(N)c1C1CC1. The van der Waals surface area contributed by atoms with Crippen molar-refractivity contribution in [3.8, 4) is 6.07 Å². The molecule has 5 heteroatoms. The summed E-state index contributed by atoms with van der Waals surface area (Å²) in [7, 11) is 0. The molecule has 20 heavy (non-hydrogen) atoms. The van der Waals surface area contributed by atoms with E-state index in [4.69, 9.17) is 11.0 Å². The van der Waals surface area contributed by atoms with Crippen molar-refractivity contribution in [3.63, 3.8) is 0 Å². The molecule has 0 spiro atoms. The fourth-order valence-electron chi connectivity index (χ4n) is 2.49. The Bertz CT molecular complexity index is 481. The maximum Gasteiger partial charge on any atom is 0.130 e. The van der Waals surface area contributed by atoms with Gasteiger partial charge in [-0.25, -0.2) is 0 Å². The number of hydrogen-bond donors (Lipinski definition) is 2. The van der Waals surface area contributed by atoms with E-state index in [0.717, 1.165) is 37.6 Å². The fraction of sp³-hybridized carbons (Fsp3) is 0.667. The highest BCUT2D eigenvalue weighted by atomic mass is 32.1. The molecule has 0 atom stereocenters. The lowest BCUT2D eigenvalue weighted by molar-refractivity contribution is 0.303. The minimum atomic E-state index is 0.582. The van der Waals surface area contributed by atoms with E-state index < -0.39 is 0 Å². The van der Waals surface area contributed by atoms with Crippen LogP contribution < -0.4 is 11.1 Å². The summed E-state index contributed by atoms with van der Waals surface area (Å²) in [6, 6.07) is 2.21. The Hall–Kier alpha value is -1.25. The van der Waals surface area contributed by atoms with Crippen molar-refractivity contribution in [2.45, 2.75) is 39.0 Å². The summed E-state index contributed by atoms with van der Waals surface area (Å²) in [6.45, 7) is 8.66. The second kappa shape index (κ2) is 6.96. The van der Waals surface area contributed by atoms with E-state index in [2.05, 4.69) is 30.1 Å². The van der Waals surface area contributed by atoms with Crippen molar-refractivity contribution < 1.29 is 0 Å². The molecule has 1 aromatic heterocycles. The van der Waals surface area contributed by atoms with Gasteiger partial charge in [-0.3, -0.25) is 0 Å². The molecule has 0 bridgehead atoms. The molecule has 1 aromatic rings. The Morgan fingerprint density at radius 3 is 2.65 bits per heavy atom. The van der Waals surface area contributed by atoms with Gasteiger partial charge in [0.2, 0.25) is 0 Å². The Labute approximate surface area is 125 Å². The third kappa shape index (κ3) is 3.44. The maximum atomic E-state index is 9.11. The lowest BCUT2D eigenvalue weighted by Crippen LogP contribution is -2.25. The highest BCUT2D eigenvalue weighted by Gasteiger charge is 2.31. The number of hydrogen-bond acceptors (Lipinski definition) is 5. The van der Waals surface area contributed by atoms with Crippen LogP contribution in [0.25, 0.3) is 0 Å². The van der Waals surface area contributed by atoms with Crippen LogP contribution in [0.5, 0.6) is 0 Å². The largest absolute Gasteiger partial charge is 0.397 e. The van der Waals surface area contributed by atoms with Gasteiger partial charge in [-0.15, -0.1) is 11.3 Å². The highest BCUT2D eigenvalue weighted by molar-refractivity contribution is 7.17. The Kier molecular flexibility index (Phi) is 5.27. The van der Waals surface area contributed by atoms with Crippen LogP contribution in [-0.2, 0) is 0 Å². The van der Waals surface area contributed by atoms with Crippen LogP contribution >= 0.6 is 11.3 Å². The molecular weight excluding hydrogens is 268 g/mol. The number of anilines is 2. The number of thiophene rings is 1. The molecule has 4 nitrogen and oxygen atoms in total. The molecule has 0 saturated heterocycles. The predicted octanol–water partition coefficient (Wildman–Crippen LogP) is 3.22. The highest BCUT2D eigenvalue weighted by Crippen LogP contribution is 2.50. The number of rotatable bonds is 8. The molecule has 2 rings (SSSR count). The van der Waals surface area contributed by atoms with Crippen LogP contribution in [0.15, 0.2) is 0 Å². The number of nitrogens with one attached hydrogen (secondary N) is 1. The molecule has 0 aromatic carbocycles. The van der Waals surface area contributed by atoms with Crippen molar-refractivity contribution in [1.82, 2.24) is 4.90 Å². The summed E-state index contributed by atoms with van der Waals surface area (Å²) in [5.41, 5.74) is 8.01. The van der Waals surface area contributed by atoms with Crippen LogP contribution in [0, 0.1) is 11.3 Å². The van der Waals surface area contributed by atoms with Crippen LogP contribution in [0.4, 0.5) is 10.7 Å². The van der Waals surface area contributed by atoms with Crippen molar-refractivity contribution in [2.24, 2.45) is 0 Å². The van der Waals surface area contributed by atoms with Crippen molar-refractivity contribution in [1.29, 1.82) is 5.26 Å². The molecule has 1 saturated carbocycles. The monoisotopic (exact) mass is 292 g/mol. The lowest BCUT2D eigenvalue weighted by atomic mass is 10.1. The van der Waals surface area contributed by atoms with Crippen molar-refractivity contribution >= 4 is 22.0 Å². The average molecular weight is 292 g/mol. The van der Waals surface area contributed by atoms with Gasteiger partial charge in [-0.1, -0.05) is 13.8 Å². The zero-order valence-electron chi connectivity index (χ0n) is 12.4. The fourth-order valence-corrected chi connectivity index (χ4v) is 3.52. The molecular formula is C15H24N4S. The smallest absolute Gasteiger partial charge is 0.130 e. The van der Waals surface area contributed by atoms with Crippen LogP contribution in [-0.4, -0.2) is 31.1 Å². The van der Waals surface area contributed by atoms with Gasteiger partial charge in [0.1, 0.15) is 10.9 Å². The molecule has 1 aliphatic rings. The van der Waals surface area contributed by atoms with Crippen LogP contribution in [0.1, 0.15) is 49.5 Å². The molecule has 0 radical (unpaired) electrons. The van der Waals surface area contributed by atoms with Crippen molar-refractivity contribution in [2.75, 3.05) is 37.2 Å². The number of nitriles is 1. The molecule has 1 aliphatic carbocycles. The van der Waals surface area contributed by atoms with Gasteiger partial charge >= 0.3 is 0 Å². The molecule has 0 amide bonds. The van der Waals surface area contributed by atoms with Gasteiger partial charge in [0.15, 0.2) is 0 Å². The topological polar surface area (TPSA) is 65.1 Å². The van der Waals surface area contributed by atoms with E-state index in [1.54, 1.807) is 0 Å². The van der Waals surface area contributed by atoms with Gasteiger partial charge in [0.25, 0.3) is 0 Å². The summed E-state index contributed by atoms with van der Waals surface area (Å²) >= 11 is 1.51. The zero-order chi connectivity index (χ0) is 14.5. The summed E-state index contributed by atoms with van der Waals surface area (Å²) < 4.78 is 0. The summed E-state index contributed by atoms with van der Waals surface area (Å²) in [5, 5.41) is 13.7. The Balaban J connectivity index is 1.91. The first-order chi connectivity index (χ1) is 9.71. The summed E-state index contributed by atoms with van der Waals surface area (Å²) in [4.78, 5) is 3.09. The second-order valence-electron chi connectivity index (χ2n) is 5.28. The number of nitrogens with zero attached hydrogens (tertiary/aromatic N) is 2. The maximum absolute atomic E-state index is 9.11. The summed E-state index contributed by atoms with van der Waals surface area (Å²) in [6.07, 6.45) is 3.53. The van der Waals surface area contributed by atoms with Gasteiger partial charge < -0.3 is 16.0 Å². The van der Waals surface area contributed by atoms with Gasteiger partial charge in [-0.05, 0) is 44.8 Å². The standard InChI is InChI=1S/C15H24N4S/c1-3-19(4-2)9-5-8-18-15-13(11-6-7-11)14(17)12(10-16)20-15/h11,18H,3-9,17H2,1-2H3. The Morgan fingerprint density at radius 1 is 1.40 bits per heavy atom. The molecule has 110 valence electrons. The third-order valence-corrected chi connectivity index (χ3v) is 4.99. The van der Waals surface area contributed by atoms with Crippen LogP contribution in [0.3, 0.4) is 0 Å². The normalized spacial score (nSPS) is 14.5. The van der Waals surface area contributed by atoms with Gasteiger partial charge in [-0.2, -0.15) is 5.26 Å². The van der Waals surface area contributed by atoms with E-state index in [0.29, 0.717) is 16.5 Å². The van der Waals surface area contributed by atoms with E-state index in [-0.39, 0.29) is 0 Å². The molecule has 3 N–H and O–H groups in total. The van der Waals surface area contributed by atoms with Crippen LogP contribution in [0.2, 0.25) is 0 Å². The predicted molar refractivity (Wildman–Crippen MR) is 86.3 cm³/mol. The zero-order valence-corrected chi connectivity index (χ0v) is 13.2. The van der Waals surface area contributed by atoms with Crippen molar-refractivity contribution in [3.05, 3.63) is 10.4 Å². The second-order valence-corrected chi connectivity index (χ2v) is 6.30. The first-order valence-electron chi connectivity index (χ1n) is 7.49. The van der Waals surface area contributed by atoms with Gasteiger partial charge in [0, 0.05) is 12.1 Å². The van der Waals surface area contributed by atoms with E-state index in [1.165, 1.54) is 29.7 Å². The minimum Gasteiger partial charge on any atom is -0.397 e. The van der Waals surface area contributed by atoms with E-state index >= 15 is 0 Å².